The highest BCUT2D eigenvalue weighted by Gasteiger charge is 2.31. The molecule has 0 aromatic heterocycles. The van der Waals surface area contributed by atoms with Crippen molar-refractivity contribution in [2.45, 2.75) is 32.7 Å². The van der Waals surface area contributed by atoms with E-state index in [1.807, 2.05) is 0 Å². The fourth-order valence-corrected chi connectivity index (χ4v) is 2.38. The summed E-state index contributed by atoms with van der Waals surface area (Å²) in [6.07, 6.45) is -2.69. The Morgan fingerprint density at radius 3 is 2.45 bits per heavy atom. The van der Waals surface area contributed by atoms with Crippen LogP contribution in [0.25, 0.3) is 0 Å². The molecule has 0 spiro atoms. The molecule has 6 heteroatoms. The fourth-order valence-electron chi connectivity index (χ4n) is 2.38. The molecule has 1 saturated heterocycles. The topological polar surface area (TPSA) is 12.5 Å². The number of rotatable bonds is 3. The summed E-state index contributed by atoms with van der Waals surface area (Å²) >= 11 is 0. The van der Waals surface area contributed by atoms with Gasteiger partial charge in [-0.1, -0.05) is 6.92 Å². The van der Waals surface area contributed by atoms with Gasteiger partial charge in [0.2, 0.25) is 0 Å². The lowest BCUT2D eigenvalue weighted by atomic mass is 9.99. The van der Waals surface area contributed by atoms with E-state index < -0.39 is 17.9 Å². The van der Waals surface area contributed by atoms with Crippen LogP contribution in [-0.2, 0) is 6.54 Å². The molecular weight excluding hydrogens is 274 g/mol. The molecule has 112 valence electrons. The summed E-state index contributed by atoms with van der Waals surface area (Å²) < 4.78 is 53.6. The lowest BCUT2D eigenvalue weighted by Gasteiger charge is -2.30. The first-order valence-electron chi connectivity index (χ1n) is 6.59. The standard InChI is InChI=1S/C14H17F4NO/c1-10-2-4-19(5-3-10)9-11-6-12(15)8-13(7-11)20-14(16,17)18/h6-8,10H,2-5,9H2,1H3. The van der Waals surface area contributed by atoms with E-state index in [0.29, 0.717) is 18.0 Å². The van der Waals surface area contributed by atoms with Crippen LogP contribution in [-0.4, -0.2) is 24.4 Å². The second-order valence-electron chi connectivity index (χ2n) is 5.30. The minimum absolute atomic E-state index is 0.443. The summed E-state index contributed by atoms with van der Waals surface area (Å²) in [4.78, 5) is 2.12. The highest BCUT2D eigenvalue weighted by atomic mass is 19.4. The van der Waals surface area contributed by atoms with Crippen LogP contribution >= 0.6 is 0 Å². The number of hydrogen-bond acceptors (Lipinski definition) is 2. The number of alkyl halides is 3. The molecule has 0 bridgehead atoms. The number of nitrogens with zero attached hydrogens (tertiary/aromatic N) is 1. The highest BCUT2D eigenvalue weighted by molar-refractivity contribution is 5.29. The molecule has 0 atom stereocenters. The number of likely N-dealkylation sites (tertiary alicyclic amines) is 1. The summed E-state index contributed by atoms with van der Waals surface area (Å²) in [5.74, 6) is -0.548. The van der Waals surface area contributed by atoms with E-state index >= 15 is 0 Å². The molecule has 2 nitrogen and oxygen atoms in total. The average molecular weight is 291 g/mol. The quantitative estimate of drug-likeness (QED) is 0.782. The molecule has 1 aliphatic heterocycles. The zero-order valence-corrected chi connectivity index (χ0v) is 11.2. The van der Waals surface area contributed by atoms with E-state index in [-0.39, 0.29) is 0 Å². The first kappa shape index (κ1) is 15.1. The molecule has 2 rings (SSSR count). The van der Waals surface area contributed by atoms with Crippen molar-refractivity contribution < 1.29 is 22.3 Å². The van der Waals surface area contributed by atoms with Gasteiger partial charge in [-0.2, -0.15) is 0 Å². The first-order chi connectivity index (χ1) is 9.32. The largest absolute Gasteiger partial charge is 0.573 e. The third-order valence-corrected chi connectivity index (χ3v) is 3.45. The molecule has 1 aliphatic rings. The van der Waals surface area contributed by atoms with Gasteiger partial charge in [0.05, 0.1) is 0 Å². The van der Waals surface area contributed by atoms with Gasteiger partial charge < -0.3 is 4.74 Å². The fraction of sp³-hybridized carbons (Fsp3) is 0.571. The van der Waals surface area contributed by atoms with Gasteiger partial charge in [0.15, 0.2) is 0 Å². The number of piperidine rings is 1. The zero-order chi connectivity index (χ0) is 14.8. The average Bonchev–Trinajstić information content (AvgIpc) is 2.29. The third kappa shape index (κ3) is 4.67. The van der Waals surface area contributed by atoms with Gasteiger partial charge in [-0.25, -0.2) is 4.39 Å². The maximum atomic E-state index is 13.4. The van der Waals surface area contributed by atoms with Crippen molar-refractivity contribution >= 4 is 0 Å². The van der Waals surface area contributed by atoms with Crippen molar-refractivity contribution in [1.29, 1.82) is 0 Å². The van der Waals surface area contributed by atoms with E-state index in [1.165, 1.54) is 12.1 Å². The molecule has 0 amide bonds. The van der Waals surface area contributed by atoms with Gasteiger partial charge in [-0.05, 0) is 49.5 Å². The molecule has 0 unspecified atom stereocenters. The van der Waals surface area contributed by atoms with Crippen LogP contribution in [0.5, 0.6) is 5.75 Å². The normalized spacial score (nSPS) is 18.2. The maximum Gasteiger partial charge on any atom is 0.573 e. The highest BCUT2D eigenvalue weighted by Crippen LogP contribution is 2.26. The molecular formula is C14H17F4NO. The van der Waals surface area contributed by atoms with E-state index in [9.17, 15) is 17.6 Å². The molecule has 1 aromatic rings. The molecule has 0 N–H and O–H groups in total. The van der Waals surface area contributed by atoms with Crippen molar-refractivity contribution in [1.82, 2.24) is 4.90 Å². The van der Waals surface area contributed by atoms with Crippen LogP contribution in [0.2, 0.25) is 0 Å². The lowest BCUT2D eigenvalue weighted by Crippen LogP contribution is -2.32. The Bertz CT molecular complexity index is 453. The Labute approximate surface area is 115 Å². The van der Waals surface area contributed by atoms with Gasteiger partial charge in [-0.15, -0.1) is 13.2 Å². The van der Waals surface area contributed by atoms with Crippen molar-refractivity contribution in [2.75, 3.05) is 13.1 Å². The summed E-state index contributed by atoms with van der Waals surface area (Å²) in [7, 11) is 0. The summed E-state index contributed by atoms with van der Waals surface area (Å²) in [6, 6.07) is 3.24. The number of ether oxygens (including phenoxy) is 1. The summed E-state index contributed by atoms with van der Waals surface area (Å²) in [6.45, 7) is 4.38. The van der Waals surface area contributed by atoms with Crippen molar-refractivity contribution in [3.05, 3.63) is 29.6 Å². The van der Waals surface area contributed by atoms with Crippen LogP contribution in [0.15, 0.2) is 18.2 Å². The van der Waals surface area contributed by atoms with Gasteiger partial charge >= 0.3 is 6.36 Å². The van der Waals surface area contributed by atoms with Gasteiger partial charge in [0.25, 0.3) is 0 Å². The van der Waals surface area contributed by atoms with Crippen molar-refractivity contribution in [2.24, 2.45) is 5.92 Å². The SMILES string of the molecule is CC1CCN(Cc2cc(F)cc(OC(F)(F)F)c2)CC1. The van der Waals surface area contributed by atoms with Crippen LogP contribution in [0, 0.1) is 11.7 Å². The molecule has 1 aromatic carbocycles. The van der Waals surface area contributed by atoms with Gasteiger partial charge in [-0.3, -0.25) is 4.90 Å². The second kappa shape index (κ2) is 5.99. The number of halogens is 4. The Balaban J connectivity index is 2.04. The molecule has 1 heterocycles. The summed E-state index contributed by atoms with van der Waals surface area (Å²) in [5.41, 5.74) is 0.499. The maximum absolute atomic E-state index is 13.4. The van der Waals surface area contributed by atoms with Crippen LogP contribution in [0.1, 0.15) is 25.3 Å². The first-order valence-corrected chi connectivity index (χ1v) is 6.59. The van der Waals surface area contributed by atoms with E-state index in [2.05, 4.69) is 16.6 Å². The Morgan fingerprint density at radius 1 is 1.20 bits per heavy atom. The minimum atomic E-state index is -4.80. The Morgan fingerprint density at radius 2 is 1.85 bits per heavy atom. The van der Waals surface area contributed by atoms with Crippen LogP contribution < -0.4 is 4.74 Å². The lowest BCUT2D eigenvalue weighted by molar-refractivity contribution is -0.274. The predicted octanol–water partition coefficient (Wildman–Crippen LogP) is 3.96. The molecule has 1 fully saturated rings. The van der Waals surface area contributed by atoms with E-state index in [1.54, 1.807) is 0 Å². The van der Waals surface area contributed by atoms with Gasteiger partial charge in [0.1, 0.15) is 11.6 Å². The van der Waals surface area contributed by atoms with Crippen LogP contribution in [0.4, 0.5) is 17.6 Å². The molecule has 0 aliphatic carbocycles. The van der Waals surface area contributed by atoms with E-state index in [4.69, 9.17) is 0 Å². The van der Waals surface area contributed by atoms with E-state index in [0.717, 1.165) is 32.0 Å². The molecule has 0 radical (unpaired) electrons. The Hall–Kier alpha value is -1.30. The molecule has 0 saturated carbocycles. The number of hydrogen-bond donors (Lipinski definition) is 0. The summed E-state index contributed by atoms with van der Waals surface area (Å²) in [5, 5.41) is 0. The van der Waals surface area contributed by atoms with Crippen molar-refractivity contribution in [3.63, 3.8) is 0 Å². The second-order valence-corrected chi connectivity index (χ2v) is 5.30. The minimum Gasteiger partial charge on any atom is -0.406 e. The monoisotopic (exact) mass is 291 g/mol. The van der Waals surface area contributed by atoms with Gasteiger partial charge in [0, 0.05) is 12.6 Å². The van der Waals surface area contributed by atoms with Crippen LogP contribution in [0.3, 0.4) is 0 Å². The molecule has 20 heavy (non-hydrogen) atoms. The Kier molecular flexibility index (Phi) is 4.52. The third-order valence-electron chi connectivity index (χ3n) is 3.45. The zero-order valence-electron chi connectivity index (χ0n) is 11.2. The smallest absolute Gasteiger partial charge is 0.406 e. The van der Waals surface area contributed by atoms with Crippen molar-refractivity contribution in [3.8, 4) is 5.75 Å². The predicted molar refractivity (Wildman–Crippen MR) is 66.8 cm³/mol. The number of benzene rings is 1.